The molecule has 0 unspecified atom stereocenters. The topological polar surface area (TPSA) is 37.0 Å². The first-order valence-corrected chi connectivity index (χ1v) is 8.03. The summed E-state index contributed by atoms with van der Waals surface area (Å²) in [7, 11) is 0. The van der Waals surface area contributed by atoms with E-state index in [0.29, 0.717) is 5.92 Å². The molecular formula is C18H23N3S. The number of pyridine rings is 1. The first kappa shape index (κ1) is 16.4. The van der Waals surface area contributed by atoms with E-state index < -0.39 is 0 Å². The van der Waals surface area contributed by atoms with Crippen LogP contribution in [-0.4, -0.2) is 23.1 Å². The number of rotatable bonds is 6. The highest BCUT2D eigenvalue weighted by Crippen LogP contribution is 2.22. The first-order valence-electron chi connectivity index (χ1n) is 7.62. The van der Waals surface area contributed by atoms with Crippen LogP contribution < -0.4 is 10.6 Å². The third-order valence-corrected chi connectivity index (χ3v) is 3.50. The maximum atomic E-state index is 5.26. The van der Waals surface area contributed by atoms with Gasteiger partial charge in [-0.05, 0) is 31.1 Å². The van der Waals surface area contributed by atoms with Gasteiger partial charge in [0.2, 0.25) is 0 Å². The number of nitrogens with one attached hydrogen (secondary N) is 2. The fourth-order valence-electron chi connectivity index (χ4n) is 2.18. The van der Waals surface area contributed by atoms with Crippen LogP contribution in [0.2, 0.25) is 0 Å². The Morgan fingerprint density at radius 3 is 2.82 bits per heavy atom. The number of nitrogens with zero attached hydrogens (tertiary/aromatic N) is 1. The number of allylic oxidation sites excluding steroid dienone is 1. The summed E-state index contributed by atoms with van der Waals surface area (Å²) in [5.41, 5.74) is 3.16. The summed E-state index contributed by atoms with van der Waals surface area (Å²) in [6.45, 7) is 7.89. The fraction of sp³-hybridized carbons (Fsp3) is 0.333. The average molecular weight is 313 g/mol. The molecular weight excluding hydrogens is 290 g/mol. The lowest BCUT2D eigenvalue weighted by molar-refractivity contribution is 0.831. The van der Waals surface area contributed by atoms with Gasteiger partial charge in [0, 0.05) is 29.9 Å². The van der Waals surface area contributed by atoms with Gasteiger partial charge in [0.25, 0.3) is 0 Å². The van der Waals surface area contributed by atoms with Gasteiger partial charge in [-0.3, -0.25) is 4.98 Å². The van der Waals surface area contributed by atoms with Crippen LogP contribution in [0.3, 0.4) is 0 Å². The van der Waals surface area contributed by atoms with Crippen LogP contribution in [0.5, 0.6) is 0 Å². The smallest absolute Gasteiger partial charge is 0.0985 e. The molecule has 116 valence electrons. The van der Waals surface area contributed by atoms with Gasteiger partial charge in [0.1, 0.15) is 0 Å². The summed E-state index contributed by atoms with van der Waals surface area (Å²) in [6, 6.07) is 10.3. The summed E-state index contributed by atoms with van der Waals surface area (Å²) in [4.78, 5) is 5.33. The summed E-state index contributed by atoms with van der Waals surface area (Å²) >= 11 is 5.26. The molecule has 1 heterocycles. The largest absolute Gasteiger partial charge is 0.383 e. The number of benzene rings is 1. The molecule has 0 aliphatic rings. The standard InChI is InChI=1S/C18H23N3S/c1-13(2)8-9-18(22)20-11-10-19-17-12-14(3)21-16-7-5-4-6-15(16)17/h4-9,12-13H,10-11H2,1-3H3,(H,19,21)(H,20,22). The van der Waals surface area contributed by atoms with Crippen molar-refractivity contribution in [3.05, 3.63) is 48.2 Å². The monoisotopic (exact) mass is 313 g/mol. The van der Waals surface area contributed by atoms with Gasteiger partial charge < -0.3 is 10.6 Å². The van der Waals surface area contributed by atoms with E-state index in [4.69, 9.17) is 12.2 Å². The number of fused-ring (bicyclic) bond motifs is 1. The molecule has 0 aliphatic heterocycles. The Morgan fingerprint density at radius 2 is 2.05 bits per heavy atom. The van der Waals surface area contributed by atoms with Crippen molar-refractivity contribution >= 4 is 33.8 Å². The maximum Gasteiger partial charge on any atom is 0.0985 e. The van der Waals surface area contributed by atoms with Crippen molar-refractivity contribution in [2.24, 2.45) is 5.92 Å². The quantitative estimate of drug-likeness (QED) is 0.478. The van der Waals surface area contributed by atoms with E-state index in [0.717, 1.165) is 40.4 Å². The molecule has 2 aromatic rings. The highest BCUT2D eigenvalue weighted by atomic mass is 32.1. The van der Waals surface area contributed by atoms with Crippen molar-refractivity contribution in [1.82, 2.24) is 10.3 Å². The van der Waals surface area contributed by atoms with Gasteiger partial charge in [-0.2, -0.15) is 0 Å². The highest BCUT2D eigenvalue weighted by Gasteiger charge is 2.02. The Balaban J connectivity index is 1.91. The molecule has 0 saturated carbocycles. The number of aryl methyl sites for hydroxylation is 1. The lowest BCUT2D eigenvalue weighted by atomic mass is 10.1. The van der Waals surface area contributed by atoms with Crippen LogP contribution in [0.15, 0.2) is 42.5 Å². The molecule has 4 heteroatoms. The number of aromatic nitrogens is 1. The molecule has 0 spiro atoms. The predicted octanol–water partition coefficient (Wildman–Crippen LogP) is 4.08. The second-order valence-corrected chi connectivity index (χ2v) is 6.09. The van der Waals surface area contributed by atoms with Crippen LogP contribution in [0.4, 0.5) is 5.69 Å². The summed E-state index contributed by atoms with van der Waals surface area (Å²) < 4.78 is 0. The number of hydrogen-bond donors (Lipinski definition) is 2. The molecule has 2 N–H and O–H groups in total. The second-order valence-electron chi connectivity index (χ2n) is 5.65. The van der Waals surface area contributed by atoms with Crippen LogP contribution >= 0.6 is 12.2 Å². The molecule has 1 aromatic carbocycles. The lowest BCUT2D eigenvalue weighted by Gasteiger charge is -2.11. The zero-order chi connectivity index (χ0) is 15.9. The summed E-state index contributed by atoms with van der Waals surface area (Å²) in [5.74, 6) is 0.518. The van der Waals surface area contributed by atoms with Crippen LogP contribution in [0.1, 0.15) is 19.5 Å². The summed E-state index contributed by atoms with van der Waals surface area (Å²) in [5, 5.41) is 7.85. The normalized spacial score (nSPS) is 11.3. The van der Waals surface area contributed by atoms with Crippen molar-refractivity contribution < 1.29 is 0 Å². The molecule has 0 bridgehead atoms. The van der Waals surface area contributed by atoms with Gasteiger partial charge >= 0.3 is 0 Å². The molecule has 0 amide bonds. The van der Waals surface area contributed by atoms with Crippen molar-refractivity contribution in [3.63, 3.8) is 0 Å². The number of anilines is 1. The first-order chi connectivity index (χ1) is 10.6. The predicted molar refractivity (Wildman–Crippen MR) is 99.5 cm³/mol. The Kier molecular flexibility index (Phi) is 5.90. The Bertz CT molecular complexity index is 677. The zero-order valence-corrected chi connectivity index (χ0v) is 14.2. The van der Waals surface area contributed by atoms with Crippen molar-refractivity contribution in [2.75, 3.05) is 18.4 Å². The van der Waals surface area contributed by atoms with Crippen molar-refractivity contribution in [2.45, 2.75) is 20.8 Å². The molecule has 0 radical (unpaired) electrons. The molecule has 3 nitrogen and oxygen atoms in total. The third kappa shape index (κ3) is 4.81. The maximum absolute atomic E-state index is 5.26. The van der Waals surface area contributed by atoms with Gasteiger partial charge in [-0.25, -0.2) is 0 Å². The van der Waals surface area contributed by atoms with Gasteiger partial charge in [-0.15, -0.1) is 0 Å². The SMILES string of the molecule is Cc1cc(NCCNC(=S)C=CC(C)C)c2ccccc2n1. The van der Waals surface area contributed by atoms with Crippen LogP contribution in [0, 0.1) is 12.8 Å². The summed E-state index contributed by atoms with van der Waals surface area (Å²) in [6.07, 6.45) is 4.06. The van der Waals surface area contributed by atoms with Gasteiger partial charge in [0.15, 0.2) is 0 Å². The molecule has 0 aliphatic carbocycles. The minimum Gasteiger partial charge on any atom is -0.383 e. The molecule has 0 saturated heterocycles. The van der Waals surface area contributed by atoms with Crippen LogP contribution in [-0.2, 0) is 0 Å². The molecule has 22 heavy (non-hydrogen) atoms. The molecule has 1 aromatic heterocycles. The average Bonchev–Trinajstić information content (AvgIpc) is 2.49. The fourth-order valence-corrected chi connectivity index (χ4v) is 2.36. The lowest BCUT2D eigenvalue weighted by Crippen LogP contribution is -2.26. The molecule has 0 atom stereocenters. The van der Waals surface area contributed by atoms with Crippen LogP contribution in [0.25, 0.3) is 10.9 Å². The number of thiocarbonyl (C=S) groups is 1. The van der Waals surface area contributed by atoms with Gasteiger partial charge in [0.05, 0.1) is 10.5 Å². The second kappa shape index (κ2) is 7.90. The van der Waals surface area contributed by atoms with E-state index in [-0.39, 0.29) is 0 Å². The van der Waals surface area contributed by atoms with E-state index >= 15 is 0 Å². The highest BCUT2D eigenvalue weighted by molar-refractivity contribution is 7.80. The van der Waals surface area contributed by atoms with E-state index in [9.17, 15) is 0 Å². The minimum atomic E-state index is 0.518. The number of hydrogen-bond acceptors (Lipinski definition) is 3. The van der Waals surface area contributed by atoms with Gasteiger partial charge in [-0.1, -0.05) is 50.3 Å². The van der Waals surface area contributed by atoms with E-state index in [1.165, 1.54) is 0 Å². The minimum absolute atomic E-state index is 0.518. The van der Waals surface area contributed by atoms with E-state index in [1.807, 2.05) is 31.2 Å². The van der Waals surface area contributed by atoms with E-state index in [1.54, 1.807) is 0 Å². The Hall–Kier alpha value is -1.94. The Morgan fingerprint density at radius 1 is 1.27 bits per heavy atom. The van der Waals surface area contributed by atoms with E-state index in [2.05, 4.69) is 47.7 Å². The Labute approximate surface area is 137 Å². The zero-order valence-electron chi connectivity index (χ0n) is 13.4. The number of para-hydroxylation sites is 1. The molecule has 2 rings (SSSR count). The molecule has 0 fully saturated rings. The van der Waals surface area contributed by atoms with Crippen molar-refractivity contribution in [3.8, 4) is 0 Å². The van der Waals surface area contributed by atoms with Crippen molar-refractivity contribution in [1.29, 1.82) is 0 Å². The third-order valence-electron chi connectivity index (χ3n) is 3.22.